The number of rotatable bonds is 3. The summed E-state index contributed by atoms with van der Waals surface area (Å²) < 4.78 is 0.896. The van der Waals surface area contributed by atoms with Gasteiger partial charge in [0, 0.05) is 0 Å². The minimum absolute atomic E-state index is 0.154. The van der Waals surface area contributed by atoms with E-state index in [0.29, 0.717) is 6.42 Å². The Morgan fingerprint density at radius 1 is 1.88 bits per heavy atom. The van der Waals surface area contributed by atoms with Crippen LogP contribution in [0.25, 0.3) is 0 Å². The Hall–Kier alpha value is -0.0317. The van der Waals surface area contributed by atoms with Gasteiger partial charge in [0.25, 0.3) is 0 Å². The molecule has 0 saturated carbocycles. The number of ketones is 1. The molecule has 0 amide bonds. The van der Waals surface area contributed by atoms with Gasteiger partial charge in [0.1, 0.15) is 0 Å². The molecule has 0 atom stereocenters. The van der Waals surface area contributed by atoms with Crippen molar-refractivity contribution in [3.8, 4) is 0 Å². The van der Waals surface area contributed by atoms with Crippen molar-refractivity contribution in [3.63, 3.8) is 0 Å². The van der Waals surface area contributed by atoms with E-state index in [1.807, 2.05) is 0 Å². The summed E-state index contributed by atoms with van der Waals surface area (Å²) in [4.78, 5) is 10.4. The Morgan fingerprint density at radius 2 is 2.38 bits per heavy atom. The summed E-state index contributed by atoms with van der Waals surface area (Å²) in [6.07, 6.45) is 2.15. The molecule has 0 fully saturated rings. The summed E-state index contributed by atoms with van der Waals surface area (Å²) in [5.74, 6) is 0.154. The van der Waals surface area contributed by atoms with Gasteiger partial charge >= 0.3 is 59.8 Å². The summed E-state index contributed by atoms with van der Waals surface area (Å²) in [6.45, 7) is 6.64. The van der Waals surface area contributed by atoms with Crippen molar-refractivity contribution in [2.75, 3.05) is 0 Å². The Bertz CT molecular complexity index is 126. The van der Waals surface area contributed by atoms with Gasteiger partial charge in [0.15, 0.2) is 0 Å². The van der Waals surface area contributed by atoms with E-state index in [1.165, 1.54) is 25.4 Å². The van der Waals surface area contributed by atoms with Gasteiger partial charge in [-0.25, -0.2) is 0 Å². The maximum atomic E-state index is 10.4. The first-order valence-electron chi connectivity index (χ1n) is 2.25. The van der Waals surface area contributed by atoms with Gasteiger partial charge in [0.2, 0.25) is 0 Å². The van der Waals surface area contributed by atoms with E-state index in [1.54, 1.807) is 6.92 Å². The predicted octanol–water partition coefficient (Wildman–Crippen LogP) is 0.674. The molecule has 0 aliphatic heterocycles. The molecule has 0 heterocycles. The number of carbonyl (C=O) groups excluding carboxylic acids is 1. The van der Waals surface area contributed by atoms with Gasteiger partial charge in [0.05, 0.1) is 0 Å². The van der Waals surface area contributed by atoms with Crippen molar-refractivity contribution < 1.29 is 24.1 Å². The van der Waals surface area contributed by atoms with E-state index < -0.39 is 0 Å². The van der Waals surface area contributed by atoms with Crippen LogP contribution in [-0.2, 0) is 24.1 Å². The van der Waals surface area contributed by atoms with E-state index >= 15 is 0 Å². The SMILES string of the molecule is [CH-]=CC[C](=[W])C(C)=O. The Balaban J connectivity index is 3.65. The second-order valence-electron chi connectivity index (χ2n) is 1.42. The molecule has 0 N–H and O–H groups in total. The molecule has 0 aromatic carbocycles. The van der Waals surface area contributed by atoms with Crippen molar-refractivity contribution in [2.24, 2.45) is 0 Å². The van der Waals surface area contributed by atoms with Crippen LogP contribution in [-0.4, -0.2) is 9.68 Å². The Kier molecular flexibility index (Phi) is 3.89. The molecule has 8 heavy (non-hydrogen) atoms. The zero-order valence-electron chi connectivity index (χ0n) is 4.68. The number of hydrogen-bond acceptors (Lipinski definition) is 1. The van der Waals surface area contributed by atoms with Crippen LogP contribution >= 0.6 is 0 Å². The van der Waals surface area contributed by atoms with Gasteiger partial charge in [-0.15, -0.1) is 0 Å². The molecule has 2 heteroatoms. The molecule has 0 aliphatic carbocycles. The quantitative estimate of drug-likeness (QED) is 0.694. The average molecular weight is 279 g/mol. The molecular formula is C6H7OW-. The van der Waals surface area contributed by atoms with E-state index in [-0.39, 0.29) is 5.78 Å². The molecule has 0 unspecified atom stereocenters. The topological polar surface area (TPSA) is 17.1 Å². The van der Waals surface area contributed by atoms with Gasteiger partial charge in [-0.2, -0.15) is 0 Å². The summed E-state index contributed by atoms with van der Waals surface area (Å²) in [7, 11) is 0. The predicted molar refractivity (Wildman–Crippen MR) is 29.2 cm³/mol. The first-order valence-corrected chi connectivity index (χ1v) is 3.72. The third kappa shape index (κ3) is 3.03. The van der Waals surface area contributed by atoms with E-state index in [2.05, 4.69) is 0 Å². The fraction of sp³-hybridized carbons (Fsp3) is 0.333. The van der Waals surface area contributed by atoms with Gasteiger partial charge in [-0.1, -0.05) is 0 Å². The van der Waals surface area contributed by atoms with Crippen molar-refractivity contribution in [1.82, 2.24) is 0 Å². The number of carbonyl (C=O) groups is 1. The number of allylic oxidation sites excluding steroid dienone is 1. The summed E-state index contributed by atoms with van der Waals surface area (Å²) in [5.41, 5.74) is 0. The third-order valence-corrected chi connectivity index (χ3v) is 2.33. The second kappa shape index (κ2) is 3.91. The maximum absolute atomic E-state index is 10.4. The zero-order chi connectivity index (χ0) is 6.57. The number of hydrogen-bond donors (Lipinski definition) is 0. The van der Waals surface area contributed by atoms with Crippen molar-refractivity contribution in [2.45, 2.75) is 13.3 Å². The first-order chi connectivity index (χ1) is 3.68. The average Bonchev–Trinajstić information content (AvgIpc) is 1.67. The molecular weight excluding hydrogens is 272 g/mol. The first kappa shape index (κ1) is 7.97. The van der Waals surface area contributed by atoms with Crippen LogP contribution in [0.4, 0.5) is 0 Å². The molecule has 0 aromatic heterocycles. The molecule has 0 radical (unpaired) electrons. The Labute approximate surface area is 60.2 Å². The second-order valence-corrected chi connectivity index (χ2v) is 3.19. The summed E-state index contributed by atoms with van der Waals surface area (Å²) in [5, 5.41) is 0. The van der Waals surface area contributed by atoms with Crippen LogP contribution in [0.3, 0.4) is 0 Å². The van der Waals surface area contributed by atoms with Gasteiger partial charge in [-0.05, 0) is 0 Å². The molecule has 0 aromatic rings. The monoisotopic (exact) mass is 279 g/mol. The van der Waals surface area contributed by atoms with Crippen LogP contribution in [0.5, 0.6) is 0 Å². The number of Topliss-reactive ketones (excluding diaryl/α,β-unsaturated/α-hetero) is 1. The minimum atomic E-state index is 0.154. The van der Waals surface area contributed by atoms with E-state index in [9.17, 15) is 4.79 Å². The summed E-state index contributed by atoms with van der Waals surface area (Å²) in [6, 6.07) is 0. The molecule has 0 rings (SSSR count). The fourth-order valence-corrected chi connectivity index (χ4v) is 0.596. The Morgan fingerprint density at radius 3 is 2.50 bits per heavy atom. The molecule has 0 bridgehead atoms. The molecule has 0 aliphatic rings. The molecule has 0 saturated heterocycles. The van der Waals surface area contributed by atoms with Crippen LogP contribution in [0, 0.1) is 6.58 Å². The van der Waals surface area contributed by atoms with Crippen molar-refractivity contribution >= 4 is 9.68 Å². The van der Waals surface area contributed by atoms with Crippen LogP contribution in [0.15, 0.2) is 6.08 Å². The van der Waals surface area contributed by atoms with Crippen LogP contribution < -0.4 is 0 Å². The molecule has 1 nitrogen and oxygen atoms in total. The van der Waals surface area contributed by atoms with Crippen LogP contribution in [0.2, 0.25) is 0 Å². The van der Waals surface area contributed by atoms with Crippen molar-refractivity contribution in [3.05, 3.63) is 12.7 Å². The van der Waals surface area contributed by atoms with E-state index in [0.717, 1.165) is 3.90 Å². The van der Waals surface area contributed by atoms with Gasteiger partial charge in [-0.3, -0.25) is 0 Å². The zero-order valence-corrected chi connectivity index (χ0v) is 7.61. The third-order valence-electron chi connectivity index (χ3n) is 0.696. The van der Waals surface area contributed by atoms with Gasteiger partial charge < -0.3 is 0 Å². The normalized spacial score (nSPS) is 8.12. The standard InChI is InChI=1S/C6H7O.W/c1-3-4-5-6(2)7;/h1,3H,4H2,2H3;/q-1;. The molecule has 0 spiro atoms. The molecule has 44 valence electrons. The van der Waals surface area contributed by atoms with Crippen LogP contribution in [0.1, 0.15) is 13.3 Å². The summed E-state index contributed by atoms with van der Waals surface area (Å²) >= 11 is 1.22. The van der Waals surface area contributed by atoms with E-state index in [4.69, 9.17) is 6.58 Å². The van der Waals surface area contributed by atoms with Crippen molar-refractivity contribution in [1.29, 1.82) is 0 Å². The fourth-order valence-electron chi connectivity index (χ4n) is 0.251.